The molecule has 1 saturated carbocycles. The van der Waals surface area contributed by atoms with Gasteiger partial charge in [-0.3, -0.25) is 9.59 Å². The number of esters is 1. The lowest BCUT2D eigenvalue weighted by molar-refractivity contribution is -0.141. The summed E-state index contributed by atoms with van der Waals surface area (Å²) in [4.78, 5) is 28.1. The van der Waals surface area contributed by atoms with Crippen molar-refractivity contribution < 1.29 is 14.3 Å². The monoisotopic (exact) mass is 438 g/mol. The van der Waals surface area contributed by atoms with Gasteiger partial charge in [0.15, 0.2) is 0 Å². The summed E-state index contributed by atoms with van der Waals surface area (Å²) in [6.45, 7) is 2.56. The van der Waals surface area contributed by atoms with E-state index in [4.69, 9.17) is 17.0 Å². The maximum Gasteiger partial charge on any atom is 0.325 e. The minimum Gasteiger partial charge on any atom is -0.465 e. The molecule has 0 heterocycles. The number of thiocarbonyl (C=S) groups is 1. The fourth-order valence-corrected chi connectivity index (χ4v) is 4.59. The molecule has 5 nitrogen and oxygen atoms in total. The van der Waals surface area contributed by atoms with Crippen LogP contribution in [0.3, 0.4) is 0 Å². The molecule has 1 N–H and O–H groups in total. The summed E-state index contributed by atoms with van der Waals surface area (Å²) < 4.78 is 5.04. The van der Waals surface area contributed by atoms with E-state index in [1.807, 2.05) is 65.6 Å². The van der Waals surface area contributed by atoms with Crippen LogP contribution in [0.1, 0.15) is 54.9 Å². The van der Waals surface area contributed by atoms with Gasteiger partial charge in [-0.25, -0.2) is 0 Å². The van der Waals surface area contributed by atoms with Crippen LogP contribution in [0.5, 0.6) is 0 Å². The number of carbonyl (C=O) groups excluding carboxylic acids is 2. The Morgan fingerprint density at radius 1 is 1.00 bits per heavy atom. The number of ether oxygens (including phenoxy) is 1. The molecule has 6 heteroatoms. The van der Waals surface area contributed by atoms with E-state index in [9.17, 15) is 9.59 Å². The highest BCUT2D eigenvalue weighted by atomic mass is 32.1. The van der Waals surface area contributed by atoms with E-state index in [0.29, 0.717) is 23.7 Å². The van der Waals surface area contributed by atoms with Crippen LogP contribution in [0.25, 0.3) is 0 Å². The van der Waals surface area contributed by atoms with Gasteiger partial charge in [0.2, 0.25) is 0 Å². The topological polar surface area (TPSA) is 58.6 Å². The minimum absolute atomic E-state index is 0.00707. The van der Waals surface area contributed by atoms with E-state index in [1.165, 1.54) is 0 Å². The van der Waals surface area contributed by atoms with Gasteiger partial charge >= 0.3 is 5.97 Å². The summed E-state index contributed by atoms with van der Waals surface area (Å²) in [7, 11) is 0. The number of hydrogen-bond acceptors (Lipinski definition) is 4. The summed E-state index contributed by atoms with van der Waals surface area (Å²) >= 11 is 5.84. The number of carbonyl (C=O) groups is 2. The van der Waals surface area contributed by atoms with Gasteiger partial charge in [0.25, 0.3) is 5.91 Å². The van der Waals surface area contributed by atoms with Crippen molar-refractivity contribution >= 4 is 29.1 Å². The molecule has 31 heavy (non-hydrogen) atoms. The zero-order valence-corrected chi connectivity index (χ0v) is 18.8. The second kappa shape index (κ2) is 11.0. The Morgan fingerprint density at radius 3 is 2.23 bits per heavy atom. The van der Waals surface area contributed by atoms with Gasteiger partial charge in [-0.05, 0) is 37.5 Å². The maximum atomic E-state index is 13.7. The molecule has 164 valence electrons. The fraction of sp³-hybridized carbons (Fsp3) is 0.400. The van der Waals surface area contributed by atoms with E-state index in [2.05, 4.69) is 5.32 Å². The highest BCUT2D eigenvalue weighted by Crippen LogP contribution is 2.37. The standard InChI is InChI=1S/C25H30N2O3S/c1-2-30-22(28)18-26-24(31)25(16-10-5-11-17-25)27(19-20-12-6-3-7-13-20)23(29)21-14-8-4-9-15-21/h3-4,6-9,12-15H,2,5,10-11,16-19H2,1H3,(H,26,31). The summed E-state index contributed by atoms with van der Waals surface area (Å²) in [6.07, 6.45) is 4.62. The van der Waals surface area contributed by atoms with Crippen LogP contribution >= 0.6 is 12.2 Å². The normalized spacial score (nSPS) is 15.0. The molecule has 2 aromatic rings. The molecular weight excluding hydrogens is 408 g/mol. The van der Waals surface area contributed by atoms with Crippen LogP contribution < -0.4 is 5.32 Å². The average Bonchev–Trinajstić information content (AvgIpc) is 2.82. The third-order valence-electron chi connectivity index (χ3n) is 5.77. The van der Waals surface area contributed by atoms with Gasteiger partial charge in [-0.1, -0.05) is 80.0 Å². The van der Waals surface area contributed by atoms with Gasteiger partial charge in [0.1, 0.15) is 11.5 Å². The van der Waals surface area contributed by atoms with Crippen molar-refractivity contribution in [3.05, 3.63) is 71.8 Å². The van der Waals surface area contributed by atoms with Crippen LogP contribution in [0.2, 0.25) is 0 Å². The molecule has 1 aliphatic carbocycles. The number of hydrogen-bond donors (Lipinski definition) is 1. The predicted octanol–water partition coefficient (Wildman–Crippen LogP) is 4.51. The highest BCUT2D eigenvalue weighted by Gasteiger charge is 2.44. The molecule has 0 bridgehead atoms. The Labute approximate surface area is 189 Å². The van der Waals surface area contributed by atoms with Crippen LogP contribution in [0.15, 0.2) is 60.7 Å². The van der Waals surface area contributed by atoms with E-state index in [1.54, 1.807) is 6.92 Å². The molecule has 3 rings (SSSR count). The fourth-order valence-electron chi connectivity index (χ4n) is 4.21. The minimum atomic E-state index is -0.636. The summed E-state index contributed by atoms with van der Waals surface area (Å²) in [5.41, 5.74) is 1.05. The largest absolute Gasteiger partial charge is 0.465 e. The van der Waals surface area contributed by atoms with Crippen molar-refractivity contribution in [1.82, 2.24) is 10.2 Å². The highest BCUT2D eigenvalue weighted by molar-refractivity contribution is 7.80. The zero-order chi connectivity index (χ0) is 22.1. The maximum absolute atomic E-state index is 13.7. The first-order valence-corrected chi connectivity index (χ1v) is 11.3. The Bertz CT molecular complexity index is 880. The van der Waals surface area contributed by atoms with Crippen molar-refractivity contribution in [2.24, 2.45) is 0 Å². The van der Waals surface area contributed by atoms with Gasteiger partial charge < -0.3 is 15.0 Å². The molecule has 1 fully saturated rings. The van der Waals surface area contributed by atoms with Gasteiger partial charge in [-0.2, -0.15) is 0 Å². The lowest BCUT2D eigenvalue weighted by atomic mass is 9.79. The number of amides is 1. The number of rotatable bonds is 8. The summed E-state index contributed by atoms with van der Waals surface area (Å²) in [5.74, 6) is -0.397. The van der Waals surface area contributed by atoms with Crippen molar-refractivity contribution in [3.8, 4) is 0 Å². The Hall–Kier alpha value is -2.73. The third kappa shape index (κ3) is 5.70. The van der Waals surface area contributed by atoms with Gasteiger partial charge in [0.05, 0.1) is 12.1 Å². The van der Waals surface area contributed by atoms with E-state index in [0.717, 1.165) is 37.7 Å². The van der Waals surface area contributed by atoms with Gasteiger partial charge in [-0.15, -0.1) is 0 Å². The molecule has 0 spiro atoms. The van der Waals surface area contributed by atoms with Crippen molar-refractivity contribution in [1.29, 1.82) is 0 Å². The molecule has 0 atom stereocenters. The molecule has 0 radical (unpaired) electrons. The Morgan fingerprint density at radius 2 is 1.61 bits per heavy atom. The van der Waals surface area contributed by atoms with Crippen LogP contribution in [0.4, 0.5) is 0 Å². The Kier molecular flexibility index (Phi) is 8.18. The molecule has 0 aliphatic heterocycles. The van der Waals surface area contributed by atoms with Crippen LogP contribution in [-0.4, -0.2) is 40.5 Å². The first-order valence-electron chi connectivity index (χ1n) is 10.9. The average molecular weight is 439 g/mol. The lowest BCUT2D eigenvalue weighted by Gasteiger charge is -2.47. The molecule has 1 amide bonds. The molecular formula is C25H30N2O3S. The zero-order valence-electron chi connectivity index (χ0n) is 18.0. The first-order chi connectivity index (χ1) is 15.1. The molecule has 0 unspecified atom stereocenters. The molecule has 2 aromatic carbocycles. The Balaban J connectivity index is 1.95. The van der Waals surface area contributed by atoms with Crippen LogP contribution in [0, 0.1) is 0 Å². The van der Waals surface area contributed by atoms with Crippen molar-refractivity contribution in [2.45, 2.75) is 51.1 Å². The predicted molar refractivity (Wildman–Crippen MR) is 126 cm³/mol. The lowest BCUT2D eigenvalue weighted by Crippen LogP contribution is -2.61. The molecule has 0 aromatic heterocycles. The first kappa shape index (κ1) is 22.9. The molecule has 1 aliphatic rings. The van der Waals surface area contributed by atoms with Gasteiger partial charge in [0, 0.05) is 12.1 Å². The van der Waals surface area contributed by atoms with Crippen molar-refractivity contribution in [2.75, 3.05) is 13.2 Å². The SMILES string of the molecule is CCOC(=O)CNC(=S)C1(N(Cc2ccccc2)C(=O)c2ccccc2)CCCCC1. The summed E-state index contributed by atoms with van der Waals surface area (Å²) in [6, 6.07) is 19.3. The number of benzene rings is 2. The quantitative estimate of drug-likeness (QED) is 0.485. The smallest absolute Gasteiger partial charge is 0.325 e. The number of nitrogens with zero attached hydrogens (tertiary/aromatic N) is 1. The van der Waals surface area contributed by atoms with Crippen molar-refractivity contribution in [3.63, 3.8) is 0 Å². The van der Waals surface area contributed by atoms with E-state index >= 15 is 0 Å². The van der Waals surface area contributed by atoms with Crippen LogP contribution in [-0.2, 0) is 16.1 Å². The second-order valence-corrected chi connectivity index (χ2v) is 8.23. The molecule has 0 saturated heterocycles. The summed E-state index contributed by atoms with van der Waals surface area (Å²) in [5, 5.41) is 3.11. The second-order valence-electron chi connectivity index (χ2n) is 7.82. The van der Waals surface area contributed by atoms with E-state index in [-0.39, 0.29) is 18.4 Å². The van der Waals surface area contributed by atoms with E-state index < -0.39 is 5.54 Å². The third-order valence-corrected chi connectivity index (χ3v) is 6.29. The number of nitrogens with one attached hydrogen (secondary N) is 1.